The summed E-state index contributed by atoms with van der Waals surface area (Å²) in [6.45, 7) is 0. The Bertz CT molecular complexity index is 1210. The minimum atomic E-state index is 0.527. The van der Waals surface area contributed by atoms with E-state index in [1.54, 1.807) is 35.4 Å². The number of fused-ring (bicyclic) bond motifs is 5. The van der Waals surface area contributed by atoms with Crippen molar-refractivity contribution in [2.45, 2.75) is 25.7 Å². The molecule has 0 saturated carbocycles. The van der Waals surface area contributed by atoms with Gasteiger partial charge in [-0.05, 0) is 76.6 Å². The zero-order chi connectivity index (χ0) is 19.3. The van der Waals surface area contributed by atoms with Crippen molar-refractivity contribution in [3.63, 3.8) is 0 Å². The Balaban J connectivity index is 0.000000165. The Hall–Kier alpha value is -3.62. The first-order chi connectivity index (χ1) is 13.8. The molecule has 0 aromatic heterocycles. The number of rotatable bonds is 0. The molecule has 0 unspecified atom stereocenters. The molecular weight excluding hydrogens is 340 g/mol. The smallest absolute Gasteiger partial charge is 0.0992 e. The highest BCUT2D eigenvalue weighted by atomic mass is 14.2. The van der Waals surface area contributed by atoms with E-state index >= 15 is 0 Å². The van der Waals surface area contributed by atoms with Gasteiger partial charge in [0.25, 0.3) is 0 Å². The lowest BCUT2D eigenvalue weighted by Gasteiger charge is -2.18. The van der Waals surface area contributed by atoms with Crippen LogP contribution in [0, 0.1) is 22.7 Å². The molecule has 28 heavy (non-hydrogen) atoms. The first-order valence-electron chi connectivity index (χ1n) is 9.62. The highest BCUT2D eigenvalue weighted by molar-refractivity contribution is 6.08. The van der Waals surface area contributed by atoms with Gasteiger partial charge in [0.2, 0.25) is 0 Å². The van der Waals surface area contributed by atoms with Gasteiger partial charge in [-0.15, -0.1) is 0 Å². The number of hydrogen-bond acceptors (Lipinski definition) is 2. The average molecular weight is 360 g/mol. The molecule has 0 N–H and O–H groups in total. The standard InChI is InChI=1S/C18H16.C8H4N2/c1-3-7-15-13(5-1)9-11-18-16-8-4-2-6-14(16)10-12-17(15)18;9-5-7-2-1-3-8(4-7)6-10/h1,3,5,7,9-12H,2,4,6,8H2;1-4H. The third-order valence-electron chi connectivity index (χ3n) is 5.38. The summed E-state index contributed by atoms with van der Waals surface area (Å²) in [4.78, 5) is 0. The lowest BCUT2D eigenvalue weighted by molar-refractivity contribution is 0.690. The number of nitrogens with zero attached hydrogens (tertiary/aromatic N) is 2. The van der Waals surface area contributed by atoms with Gasteiger partial charge in [0.1, 0.15) is 0 Å². The van der Waals surface area contributed by atoms with Gasteiger partial charge in [-0.3, -0.25) is 0 Å². The normalized spacial score (nSPS) is 12.4. The Morgan fingerprint density at radius 2 is 1.32 bits per heavy atom. The molecule has 0 saturated heterocycles. The third kappa shape index (κ3) is 3.46. The molecule has 0 atom stereocenters. The average Bonchev–Trinajstić information content (AvgIpc) is 2.79. The first kappa shape index (κ1) is 17.8. The van der Waals surface area contributed by atoms with E-state index in [0.717, 1.165) is 0 Å². The molecule has 0 spiro atoms. The zero-order valence-electron chi connectivity index (χ0n) is 15.7. The number of benzene rings is 4. The topological polar surface area (TPSA) is 47.6 Å². The van der Waals surface area contributed by atoms with Crippen molar-refractivity contribution in [3.8, 4) is 12.1 Å². The Labute approximate surface area is 165 Å². The van der Waals surface area contributed by atoms with Gasteiger partial charge in [-0.25, -0.2) is 0 Å². The van der Waals surface area contributed by atoms with Crippen molar-refractivity contribution in [2.75, 3.05) is 0 Å². The number of hydrogen-bond donors (Lipinski definition) is 0. The molecule has 5 rings (SSSR count). The van der Waals surface area contributed by atoms with E-state index in [1.165, 1.54) is 47.2 Å². The monoisotopic (exact) mass is 360 g/mol. The number of nitriles is 2. The molecule has 1 aliphatic rings. The molecule has 2 heteroatoms. The first-order valence-corrected chi connectivity index (χ1v) is 9.62. The van der Waals surface area contributed by atoms with Crippen molar-refractivity contribution in [3.05, 3.63) is 95.1 Å². The fourth-order valence-electron chi connectivity index (χ4n) is 4.00. The van der Waals surface area contributed by atoms with E-state index in [4.69, 9.17) is 10.5 Å². The van der Waals surface area contributed by atoms with Gasteiger partial charge in [0.05, 0.1) is 23.3 Å². The van der Waals surface area contributed by atoms with Crippen LogP contribution in [0.3, 0.4) is 0 Å². The summed E-state index contributed by atoms with van der Waals surface area (Å²) in [5.41, 5.74) is 4.23. The summed E-state index contributed by atoms with van der Waals surface area (Å²) in [5.74, 6) is 0. The van der Waals surface area contributed by atoms with Crippen LogP contribution in [0.2, 0.25) is 0 Å². The molecule has 0 aliphatic heterocycles. The van der Waals surface area contributed by atoms with Gasteiger partial charge in [-0.1, -0.05) is 54.6 Å². The molecule has 1 aliphatic carbocycles. The van der Waals surface area contributed by atoms with Gasteiger partial charge in [0, 0.05) is 0 Å². The summed E-state index contributed by atoms with van der Waals surface area (Å²) in [7, 11) is 0. The van der Waals surface area contributed by atoms with Crippen LogP contribution in [0.5, 0.6) is 0 Å². The van der Waals surface area contributed by atoms with Gasteiger partial charge < -0.3 is 0 Å². The predicted octanol–water partition coefficient (Wildman–Crippen LogP) is 6.30. The largest absolute Gasteiger partial charge is 0.192 e. The van der Waals surface area contributed by atoms with Crippen molar-refractivity contribution in [2.24, 2.45) is 0 Å². The van der Waals surface area contributed by atoms with Crippen LogP contribution in [0.1, 0.15) is 35.1 Å². The Morgan fingerprint density at radius 1 is 0.607 bits per heavy atom. The second-order valence-corrected chi connectivity index (χ2v) is 7.10. The van der Waals surface area contributed by atoms with Gasteiger partial charge in [0.15, 0.2) is 0 Å². The molecule has 0 bridgehead atoms. The van der Waals surface area contributed by atoms with Crippen LogP contribution < -0.4 is 0 Å². The summed E-state index contributed by atoms with van der Waals surface area (Å²) in [6.07, 6.45) is 5.22. The molecule has 2 nitrogen and oxygen atoms in total. The molecule has 0 fully saturated rings. The van der Waals surface area contributed by atoms with Gasteiger partial charge >= 0.3 is 0 Å². The summed E-state index contributed by atoms with van der Waals surface area (Å²) >= 11 is 0. The van der Waals surface area contributed by atoms with Crippen molar-refractivity contribution < 1.29 is 0 Å². The maximum atomic E-state index is 8.40. The predicted molar refractivity (Wildman–Crippen MR) is 114 cm³/mol. The van der Waals surface area contributed by atoms with Crippen LogP contribution in [0.15, 0.2) is 72.8 Å². The molecule has 4 aromatic rings. The van der Waals surface area contributed by atoms with Crippen LogP contribution in [-0.2, 0) is 12.8 Å². The Morgan fingerprint density at radius 3 is 2.11 bits per heavy atom. The van der Waals surface area contributed by atoms with E-state index < -0.39 is 0 Å². The maximum absolute atomic E-state index is 8.40. The van der Waals surface area contributed by atoms with E-state index in [2.05, 4.69) is 48.5 Å². The van der Waals surface area contributed by atoms with Crippen LogP contribution in [0.25, 0.3) is 21.5 Å². The van der Waals surface area contributed by atoms with Crippen molar-refractivity contribution >= 4 is 21.5 Å². The fraction of sp³-hybridized carbons (Fsp3) is 0.154. The maximum Gasteiger partial charge on any atom is 0.0992 e. The minimum absolute atomic E-state index is 0.527. The van der Waals surface area contributed by atoms with E-state index in [1.807, 2.05) is 12.1 Å². The highest BCUT2D eigenvalue weighted by Gasteiger charge is 2.13. The zero-order valence-corrected chi connectivity index (χ0v) is 15.7. The number of aryl methyl sites for hydroxylation is 2. The van der Waals surface area contributed by atoms with Gasteiger partial charge in [-0.2, -0.15) is 10.5 Å². The van der Waals surface area contributed by atoms with Crippen molar-refractivity contribution in [1.29, 1.82) is 10.5 Å². The highest BCUT2D eigenvalue weighted by Crippen LogP contribution is 2.33. The molecule has 0 amide bonds. The van der Waals surface area contributed by atoms with Crippen LogP contribution in [0.4, 0.5) is 0 Å². The minimum Gasteiger partial charge on any atom is -0.192 e. The molecule has 0 radical (unpaired) electrons. The van der Waals surface area contributed by atoms with Crippen LogP contribution >= 0.6 is 0 Å². The Kier molecular flexibility index (Phi) is 5.05. The van der Waals surface area contributed by atoms with E-state index in [-0.39, 0.29) is 0 Å². The second-order valence-electron chi connectivity index (χ2n) is 7.10. The molecule has 4 aromatic carbocycles. The lowest BCUT2D eigenvalue weighted by Crippen LogP contribution is -2.02. The molecular formula is C26H20N2. The van der Waals surface area contributed by atoms with Crippen LogP contribution in [-0.4, -0.2) is 0 Å². The lowest BCUT2D eigenvalue weighted by atomic mass is 9.86. The van der Waals surface area contributed by atoms with E-state index in [9.17, 15) is 0 Å². The second kappa shape index (κ2) is 7.95. The summed E-state index contributed by atoms with van der Waals surface area (Å²) < 4.78 is 0. The summed E-state index contributed by atoms with van der Waals surface area (Å²) in [5, 5.41) is 22.4. The molecule has 0 heterocycles. The van der Waals surface area contributed by atoms with E-state index in [0.29, 0.717) is 11.1 Å². The molecule has 134 valence electrons. The quantitative estimate of drug-likeness (QED) is 0.345. The van der Waals surface area contributed by atoms with Crippen molar-refractivity contribution in [1.82, 2.24) is 0 Å². The SMILES string of the molecule is N#Cc1cccc(C#N)c1.c1ccc2c(c1)ccc1c3c(ccc12)CCCC3. The summed E-state index contributed by atoms with van der Waals surface area (Å²) in [6, 6.07) is 28.4. The third-order valence-corrected chi connectivity index (χ3v) is 5.38. The fourth-order valence-corrected chi connectivity index (χ4v) is 4.00.